The van der Waals surface area contributed by atoms with E-state index in [2.05, 4.69) is 37.5 Å². The number of piperazine rings is 1. The third-order valence-electron chi connectivity index (χ3n) is 6.35. The minimum absolute atomic E-state index is 0.0295. The molecule has 0 aromatic heterocycles. The zero-order valence-electron chi connectivity index (χ0n) is 19.7. The SMILES string of the molecule is O=C(CN1CCN(CCC(=O)Nc2ccc(N3CCOCC3)cc2)CC1)NCc1ccccc1. The number of hydrogen-bond donors (Lipinski definition) is 2. The Kier molecular flexibility index (Phi) is 8.90. The quantitative estimate of drug-likeness (QED) is 0.588. The molecule has 2 aliphatic heterocycles. The summed E-state index contributed by atoms with van der Waals surface area (Å²) >= 11 is 0. The number of morpholine rings is 1. The summed E-state index contributed by atoms with van der Waals surface area (Å²) in [6.07, 6.45) is 0.461. The van der Waals surface area contributed by atoms with Gasteiger partial charge in [0.1, 0.15) is 0 Å². The van der Waals surface area contributed by atoms with E-state index in [1.807, 2.05) is 42.5 Å². The van der Waals surface area contributed by atoms with Crippen molar-refractivity contribution in [2.45, 2.75) is 13.0 Å². The van der Waals surface area contributed by atoms with Gasteiger partial charge in [-0.15, -0.1) is 0 Å². The van der Waals surface area contributed by atoms with Crippen molar-refractivity contribution in [1.82, 2.24) is 15.1 Å². The number of amides is 2. The number of carbonyl (C=O) groups excluding carboxylic acids is 2. The van der Waals surface area contributed by atoms with Crippen LogP contribution in [0.25, 0.3) is 0 Å². The Labute approximate surface area is 201 Å². The van der Waals surface area contributed by atoms with Crippen LogP contribution >= 0.6 is 0 Å². The Morgan fingerprint density at radius 1 is 0.794 bits per heavy atom. The van der Waals surface area contributed by atoms with E-state index in [1.165, 1.54) is 0 Å². The lowest BCUT2D eigenvalue weighted by Crippen LogP contribution is -2.49. The van der Waals surface area contributed by atoms with Crippen LogP contribution in [-0.4, -0.2) is 87.2 Å². The van der Waals surface area contributed by atoms with E-state index in [0.29, 0.717) is 19.5 Å². The molecule has 0 aliphatic carbocycles. The van der Waals surface area contributed by atoms with Crippen LogP contribution in [0, 0.1) is 0 Å². The highest BCUT2D eigenvalue weighted by molar-refractivity contribution is 5.91. The number of ether oxygens (including phenoxy) is 1. The van der Waals surface area contributed by atoms with Crippen LogP contribution in [0.1, 0.15) is 12.0 Å². The molecule has 182 valence electrons. The maximum Gasteiger partial charge on any atom is 0.234 e. The van der Waals surface area contributed by atoms with Crippen LogP contribution in [0.4, 0.5) is 11.4 Å². The maximum atomic E-state index is 12.4. The molecule has 2 fully saturated rings. The van der Waals surface area contributed by atoms with E-state index in [4.69, 9.17) is 4.74 Å². The topological polar surface area (TPSA) is 77.2 Å². The Morgan fingerprint density at radius 2 is 1.47 bits per heavy atom. The highest BCUT2D eigenvalue weighted by Crippen LogP contribution is 2.19. The smallest absolute Gasteiger partial charge is 0.234 e. The molecule has 0 spiro atoms. The van der Waals surface area contributed by atoms with Crippen molar-refractivity contribution >= 4 is 23.2 Å². The molecule has 0 radical (unpaired) electrons. The van der Waals surface area contributed by atoms with Gasteiger partial charge in [-0.2, -0.15) is 0 Å². The van der Waals surface area contributed by atoms with Gasteiger partial charge in [-0.25, -0.2) is 0 Å². The monoisotopic (exact) mass is 465 g/mol. The summed E-state index contributed by atoms with van der Waals surface area (Å²) in [5.74, 6) is 0.0816. The molecule has 0 atom stereocenters. The summed E-state index contributed by atoms with van der Waals surface area (Å²) in [6.45, 7) is 8.43. The number of benzene rings is 2. The van der Waals surface area contributed by atoms with Gasteiger partial charge in [-0.3, -0.25) is 14.5 Å². The first-order chi connectivity index (χ1) is 16.7. The molecule has 8 nitrogen and oxygen atoms in total. The molecule has 34 heavy (non-hydrogen) atoms. The lowest BCUT2D eigenvalue weighted by molar-refractivity contribution is -0.122. The Hall–Kier alpha value is -2.94. The Morgan fingerprint density at radius 3 is 2.18 bits per heavy atom. The zero-order valence-corrected chi connectivity index (χ0v) is 19.7. The van der Waals surface area contributed by atoms with E-state index < -0.39 is 0 Å². The summed E-state index contributed by atoms with van der Waals surface area (Å²) in [6, 6.07) is 18.0. The van der Waals surface area contributed by atoms with Crippen molar-refractivity contribution in [3.8, 4) is 0 Å². The van der Waals surface area contributed by atoms with Crippen molar-refractivity contribution in [2.75, 3.05) is 75.8 Å². The fraction of sp³-hybridized carbons (Fsp3) is 0.462. The van der Waals surface area contributed by atoms with Crippen LogP contribution in [0.5, 0.6) is 0 Å². The predicted molar refractivity (Wildman–Crippen MR) is 134 cm³/mol. The van der Waals surface area contributed by atoms with Gasteiger partial charge < -0.3 is 25.2 Å². The lowest BCUT2D eigenvalue weighted by atomic mass is 10.2. The predicted octanol–water partition coefficient (Wildman–Crippen LogP) is 1.79. The Balaban J connectivity index is 1.10. The van der Waals surface area contributed by atoms with Crippen LogP contribution in [-0.2, 0) is 20.9 Å². The minimum atomic E-state index is 0.0295. The molecule has 0 bridgehead atoms. The molecule has 0 unspecified atom stereocenters. The van der Waals surface area contributed by atoms with Gasteiger partial charge in [0, 0.05) is 70.2 Å². The van der Waals surface area contributed by atoms with Gasteiger partial charge >= 0.3 is 0 Å². The van der Waals surface area contributed by atoms with Gasteiger partial charge in [-0.05, 0) is 29.8 Å². The zero-order chi connectivity index (χ0) is 23.6. The van der Waals surface area contributed by atoms with Crippen molar-refractivity contribution in [2.24, 2.45) is 0 Å². The standard InChI is InChI=1S/C26H35N5O3/c32-25(28-23-6-8-24(9-7-23)31-16-18-34-19-17-31)10-11-29-12-14-30(15-13-29)21-26(33)27-20-22-4-2-1-3-5-22/h1-9H,10-21H2,(H,27,33)(H,28,32). The third-order valence-corrected chi connectivity index (χ3v) is 6.35. The van der Waals surface area contributed by atoms with Crippen LogP contribution in [0.3, 0.4) is 0 Å². The van der Waals surface area contributed by atoms with E-state index in [9.17, 15) is 9.59 Å². The second kappa shape index (κ2) is 12.5. The number of hydrogen-bond acceptors (Lipinski definition) is 6. The molecular weight excluding hydrogens is 430 g/mol. The summed E-state index contributed by atoms with van der Waals surface area (Å²) in [5, 5.41) is 5.99. The van der Waals surface area contributed by atoms with Gasteiger partial charge in [0.05, 0.1) is 19.8 Å². The molecule has 2 amide bonds. The molecule has 2 saturated heterocycles. The number of nitrogens with one attached hydrogen (secondary N) is 2. The second-order valence-electron chi connectivity index (χ2n) is 8.82. The van der Waals surface area contributed by atoms with Crippen molar-refractivity contribution in [3.63, 3.8) is 0 Å². The van der Waals surface area contributed by atoms with Crippen LogP contribution in [0.2, 0.25) is 0 Å². The fourth-order valence-electron chi connectivity index (χ4n) is 4.29. The van der Waals surface area contributed by atoms with Gasteiger partial charge in [-0.1, -0.05) is 30.3 Å². The number of carbonyl (C=O) groups is 2. The summed E-state index contributed by atoms with van der Waals surface area (Å²) in [5.41, 5.74) is 3.09. The minimum Gasteiger partial charge on any atom is -0.378 e. The average Bonchev–Trinajstić information content (AvgIpc) is 2.89. The van der Waals surface area contributed by atoms with Crippen molar-refractivity contribution in [1.29, 1.82) is 0 Å². The second-order valence-corrected chi connectivity index (χ2v) is 8.82. The third kappa shape index (κ3) is 7.55. The fourth-order valence-corrected chi connectivity index (χ4v) is 4.29. The molecule has 0 saturated carbocycles. The first kappa shape index (κ1) is 24.2. The van der Waals surface area contributed by atoms with Crippen LogP contribution in [0.15, 0.2) is 54.6 Å². The van der Waals surface area contributed by atoms with Crippen molar-refractivity contribution in [3.05, 3.63) is 60.2 Å². The largest absolute Gasteiger partial charge is 0.378 e. The number of anilines is 2. The van der Waals surface area contributed by atoms with Crippen molar-refractivity contribution < 1.29 is 14.3 Å². The maximum absolute atomic E-state index is 12.4. The molecule has 2 aromatic rings. The first-order valence-corrected chi connectivity index (χ1v) is 12.1. The molecule has 2 heterocycles. The highest BCUT2D eigenvalue weighted by atomic mass is 16.5. The van der Waals surface area contributed by atoms with E-state index in [1.54, 1.807) is 0 Å². The van der Waals surface area contributed by atoms with E-state index in [0.717, 1.165) is 76.0 Å². The van der Waals surface area contributed by atoms with E-state index >= 15 is 0 Å². The normalized spacial score (nSPS) is 17.4. The summed E-state index contributed by atoms with van der Waals surface area (Å²) < 4.78 is 5.40. The molecule has 2 aromatic carbocycles. The van der Waals surface area contributed by atoms with Crippen LogP contribution < -0.4 is 15.5 Å². The van der Waals surface area contributed by atoms with E-state index in [-0.39, 0.29) is 11.8 Å². The number of rotatable bonds is 9. The molecule has 2 aliphatic rings. The molecule has 8 heteroatoms. The highest BCUT2D eigenvalue weighted by Gasteiger charge is 2.19. The Bertz CT molecular complexity index is 908. The molecule has 2 N–H and O–H groups in total. The molecule has 4 rings (SSSR count). The number of nitrogens with zero attached hydrogens (tertiary/aromatic N) is 3. The van der Waals surface area contributed by atoms with Gasteiger partial charge in [0.25, 0.3) is 0 Å². The molecular formula is C26H35N5O3. The summed E-state index contributed by atoms with van der Waals surface area (Å²) in [7, 11) is 0. The van der Waals surface area contributed by atoms with Gasteiger partial charge in [0.15, 0.2) is 0 Å². The average molecular weight is 466 g/mol. The lowest BCUT2D eigenvalue weighted by Gasteiger charge is -2.34. The first-order valence-electron chi connectivity index (χ1n) is 12.1. The van der Waals surface area contributed by atoms with Gasteiger partial charge in [0.2, 0.25) is 11.8 Å². The summed E-state index contributed by atoms with van der Waals surface area (Å²) in [4.78, 5) is 31.4.